The molecule has 0 bridgehead atoms. The number of nitrogens with one attached hydrogen (secondary N) is 1. The first-order valence-electron chi connectivity index (χ1n) is 8.83. The van der Waals surface area contributed by atoms with Crippen molar-refractivity contribution in [3.05, 3.63) is 59.9 Å². The Morgan fingerprint density at radius 3 is 2.32 bits per heavy atom. The number of amides is 1. The van der Waals surface area contributed by atoms with E-state index in [-0.39, 0.29) is 18.3 Å². The molecule has 0 aliphatic heterocycles. The molecule has 8 heteroatoms. The first-order valence-corrected chi connectivity index (χ1v) is 10.7. The summed E-state index contributed by atoms with van der Waals surface area (Å²) in [4.78, 5) is 12.6. The van der Waals surface area contributed by atoms with Crippen LogP contribution in [-0.2, 0) is 14.8 Å². The van der Waals surface area contributed by atoms with E-state index in [9.17, 15) is 17.6 Å². The number of hydrogen-bond acceptors (Lipinski definition) is 4. The van der Waals surface area contributed by atoms with E-state index >= 15 is 0 Å². The summed E-state index contributed by atoms with van der Waals surface area (Å²) in [6, 6.07) is 11.1. The maximum atomic E-state index is 13.2. The fraction of sp³-hybridized carbons (Fsp3) is 0.350. The monoisotopic (exact) mass is 408 g/mol. The van der Waals surface area contributed by atoms with Crippen LogP contribution in [0.1, 0.15) is 19.4 Å². The van der Waals surface area contributed by atoms with Gasteiger partial charge >= 0.3 is 0 Å². The molecule has 1 N–H and O–H groups in total. The first-order chi connectivity index (χ1) is 13.1. The van der Waals surface area contributed by atoms with Gasteiger partial charge in [-0.2, -0.15) is 0 Å². The lowest BCUT2D eigenvalue weighted by Gasteiger charge is -2.29. The molecule has 2 atom stereocenters. The highest BCUT2D eigenvalue weighted by atomic mass is 32.2. The highest BCUT2D eigenvalue weighted by Crippen LogP contribution is 2.21. The summed E-state index contributed by atoms with van der Waals surface area (Å²) in [6.07, 6.45) is 1.00. The van der Waals surface area contributed by atoms with Crippen molar-refractivity contribution in [2.75, 3.05) is 17.2 Å². The number of para-hydroxylation sites is 1. The van der Waals surface area contributed by atoms with Crippen LogP contribution in [0.2, 0.25) is 0 Å². The number of sulfonamides is 1. The minimum Gasteiger partial charge on any atom is -0.491 e. The highest BCUT2D eigenvalue weighted by Gasteiger charge is 2.29. The number of ether oxygens (including phenoxy) is 1. The Labute approximate surface area is 165 Å². The van der Waals surface area contributed by atoms with E-state index in [1.807, 2.05) is 31.2 Å². The van der Waals surface area contributed by atoms with E-state index in [2.05, 4.69) is 5.32 Å². The summed E-state index contributed by atoms with van der Waals surface area (Å²) in [5.74, 6) is -0.243. The number of nitrogens with zero attached hydrogens (tertiary/aromatic N) is 1. The van der Waals surface area contributed by atoms with Crippen LogP contribution in [0.4, 0.5) is 10.1 Å². The second-order valence-corrected chi connectivity index (χ2v) is 8.56. The van der Waals surface area contributed by atoms with Gasteiger partial charge in [0.2, 0.25) is 15.9 Å². The molecular weight excluding hydrogens is 383 g/mol. The van der Waals surface area contributed by atoms with Crippen molar-refractivity contribution in [2.24, 2.45) is 0 Å². The van der Waals surface area contributed by atoms with Crippen molar-refractivity contribution < 1.29 is 22.3 Å². The molecule has 0 unspecified atom stereocenters. The maximum absolute atomic E-state index is 13.2. The van der Waals surface area contributed by atoms with Crippen LogP contribution < -0.4 is 14.4 Å². The van der Waals surface area contributed by atoms with Gasteiger partial charge in [-0.25, -0.2) is 12.8 Å². The number of anilines is 1. The quantitative estimate of drug-likeness (QED) is 0.729. The molecule has 28 heavy (non-hydrogen) atoms. The largest absolute Gasteiger partial charge is 0.491 e. The normalized spacial score (nSPS) is 13.5. The Balaban J connectivity index is 2.06. The third kappa shape index (κ3) is 5.69. The highest BCUT2D eigenvalue weighted by molar-refractivity contribution is 7.92. The zero-order chi connectivity index (χ0) is 20.9. The lowest BCUT2D eigenvalue weighted by atomic mass is 10.2. The summed E-state index contributed by atoms with van der Waals surface area (Å²) in [6.45, 7) is 5.41. The molecule has 0 aliphatic carbocycles. The first kappa shape index (κ1) is 21.7. The molecular formula is C20H25FN2O4S. The number of hydrogen-bond donors (Lipinski definition) is 1. The zero-order valence-corrected chi connectivity index (χ0v) is 17.2. The lowest BCUT2D eigenvalue weighted by molar-refractivity contribution is -0.122. The van der Waals surface area contributed by atoms with Crippen LogP contribution >= 0.6 is 0 Å². The van der Waals surface area contributed by atoms with Crippen LogP contribution in [0.15, 0.2) is 48.5 Å². The molecule has 0 radical (unpaired) electrons. The lowest BCUT2D eigenvalue weighted by Crippen LogP contribution is -2.50. The third-order valence-electron chi connectivity index (χ3n) is 4.14. The maximum Gasteiger partial charge on any atom is 0.243 e. The Bertz CT molecular complexity index is 916. The number of carbonyl (C=O) groups excluding carboxylic acids is 1. The minimum atomic E-state index is -3.75. The van der Waals surface area contributed by atoms with Crippen molar-refractivity contribution >= 4 is 21.6 Å². The summed E-state index contributed by atoms with van der Waals surface area (Å²) in [7, 11) is -3.75. The molecule has 0 fully saturated rings. The molecule has 2 rings (SSSR count). The predicted molar refractivity (Wildman–Crippen MR) is 107 cm³/mol. The Morgan fingerprint density at radius 1 is 1.14 bits per heavy atom. The Hall–Kier alpha value is -2.61. The third-order valence-corrected chi connectivity index (χ3v) is 5.38. The fourth-order valence-corrected chi connectivity index (χ4v) is 3.91. The SMILES string of the molecule is Cc1ccccc1OC[C@H](C)NC(=O)[C@@H](C)N(c1ccc(F)cc1)S(C)(=O)=O. The van der Waals surface area contributed by atoms with E-state index in [0.717, 1.165) is 34.0 Å². The molecule has 2 aromatic rings. The number of benzene rings is 2. The van der Waals surface area contributed by atoms with E-state index in [0.29, 0.717) is 0 Å². The van der Waals surface area contributed by atoms with E-state index < -0.39 is 27.8 Å². The second kappa shape index (κ2) is 9.05. The number of carbonyl (C=O) groups is 1. The number of rotatable bonds is 8. The fourth-order valence-electron chi connectivity index (χ4n) is 2.74. The Kier molecular flexibility index (Phi) is 7.01. The van der Waals surface area contributed by atoms with Crippen LogP contribution in [-0.4, -0.2) is 39.3 Å². The van der Waals surface area contributed by atoms with Gasteiger partial charge < -0.3 is 10.1 Å². The van der Waals surface area contributed by atoms with E-state index in [1.165, 1.54) is 19.1 Å². The van der Waals surface area contributed by atoms with Crippen LogP contribution in [0.3, 0.4) is 0 Å². The molecule has 0 aromatic heterocycles. The van der Waals surface area contributed by atoms with Gasteiger partial charge in [0.15, 0.2) is 0 Å². The average Bonchev–Trinajstić information content (AvgIpc) is 2.61. The Morgan fingerprint density at radius 2 is 1.75 bits per heavy atom. The molecule has 2 aromatic carbocycles. The van der Waals surface area contributed by atoms with Gasteiger partial charge in [0.25, 0.3) is 0 Å². The molecule has 0 spiro atoms. The summed E-state index contributed by atoms with van der Waals surface area (Å²) >= 11 is 0. The average molecular weight is 408 g/mol. The van der Waals surface area contributed by atoms with Gasteiger partial charge in [-0.3, -0.25) is 9.10 Å². The smallest absolute Gasteiger partial charge is 0.243 e. The predicted octanol–water partition coefficient (Wildman–Crippen LogP) is 2.87. The summed E-state index contributed by atoms with van der Waals surface area (Å²) in [5.41, 5.74) is 1.20. The van der Waals surface area contributed by atoms with Gasteiger partial charge in [-0.05, 0) is 56.7 Å². The molecule has 0 saturated carbocycles. The van der Waals surface area contributed by atoms with Crippen molar-refractivity contribution in [2.45, 2.75) is 32.9 Å². The molecule has 0 aliphatic rings. The zero-order valence-electron chi connectivity index (χ0n) is 16.3. The van der Waals surface area contributed by atoms with Crippen molar-refractivity contribution in [3.8, 4) is 5.75 Å². The summed E-state index contributed by atoms with van der Waals surface area (Å²) < 4.78 is 44.3. The van der Waals surface area contributed by atoms with E-state index in [4.69, 9.17) is 4.74 Å². The topological polar surface area (TPSA) is 75.7 Å². The van der Waals surface area contributed by atoms with Gasteiger partial charge in [0.05, 0.1) is 18.0 Å². The molecule has 0 heterocycles. The van der Waals surface area contributed by atoms with Crippen molar-refractivity contribution in [3.63, 3.8) is 0 Å². The second-order valence-electron chi connectivity index (χ2n) is 6.70. The van der Waals surface area contributed by atoms with Crippen LogP contribution in [0.5, 0.6) is 5.75 Å². The van der Waals surface area contributed by atoms with Crippen molar-refractivity contribution in [1.29, 1.82) is 0 Å². The molecule has 0 saturated heterocycles. The van der Waals surface area contributed by atoms with Gasteiger partial charge in [0, 0.05) is 0 Å². The van der Waals surface area contributed by atoms with Crippen LogP contribution in [0.25, 0.3) is 0 Å². The summed E-state index contributed by atoms with van der Waals surface area (Å²) in [5, 5.41) is 2.76. The van der Waals surface area contributed by atoms with Gasteiger partial charge in [-0.15, -0.1) is 0 Å². The van der Waals surface area contributed by atoms with Crippen LogP contribution in [0, 0.1) is 12.7 Å². The van der Waals surface area contributed by atoms with Gasteiger partial charge in [-0.1, -0.05) is 18.2 Å². The number of aryl methyl sites for hydroxylation is 1. The minimum absolute atomic E-state index is 0.218. The standard InChI is InChI=1S/C20H25FN2O4S/c1-14-7-5-6-8-19(14)27-13-15(2)22-20(24)16(3)23(28(4,25)26)18-11-9-17(21)10-12-18/h5-12,15-16H,13H2,1-4H3,(H,22,24)/t15-,16+/m0/s1. The van der Waals surface area contributed by atoms with E-state index in [1.54, 1.807) is 6.92 Å². The number of halogens is 1. The van der Waals surface area contributed by atoms with Crippen molar-refractivity contribution in [1.82, 2.24) is 5.32 Å². The molecule has 6 nitrogen and oxygen atoms in total. The molecule has 152 valence electrons. The molecule has 1 amide bonds. The van der Waals surface area contributed by atoms with Gasteiger partial charge in [0.1, 0.15) is 24.2 Å².